The van der Waals surface area contributed by atoms with E-state index in [9.17, 15) is 0 Å². The lowest BCUT2D eigenvalue weighted by Gasteiger charge is -2.12. The molecule has 0 amide bonds. The van der Waals surface area contributed by atoms with Gasteiger partial charge in [-0.2, -0.15) is 0 Å². The van der Waals surface area contributed by atoms with Crippen molar-refractivity contribution in [2.75, 3.05) is 14.2 Å². The fourth-order valence-corrected chi connectivity index (χ4v) is 2.67. The standard InChI is InChI=1S/C16H18BrNO2.ClH/c1-19-15-9-13(8-14(17)16(15)20-2)11-18-10-12-6-4-3-5-7-12;/h3-9,18H,10-11H2,1-2H3;1H/p-1. The Kier molecular flexibility index (Phi) is 7.57. The van der Waals surface area contributed by atoms with E-state index in [1.807, 2.05) is 30.3 Å². The largest absolute Gasteiger partial charge is 1.00 e. The summed E-state index contributed by atoms with van der Waals surface area (Å²) in [5.41, 5.74) is 2.41. The first-order valence-corrected chi connectivity index (χ1v) is 7.19. The number of nitrogens with one attached hydrogen (secondary N) is 1. The van der Waals surface area contributed by atoms with Gasteiger partial charge in [0.05, 0.1) is 18.7 Å². The number of methoxy groups -OCH3 is 2. The van der Waals surface area contributed by atoms with Crippen LogP contribution in [0.4, 0.5) is 0 Å². The second-order valence-corrected chi connectivity index (χ2v) is 5.26. The predicted octanol–water partition coefficient (Wildman–Crippen LogP) is 0.760. The summed E-state index contributed by atoms with van der Waals surface area (Å²) in [6.45, 7) is 1.61. The smallest absolute Gasteiger partial charge is 0.174 e. The molecule has 0 aromatic heterocycles. The van der Waals surface area contributed by atoms with Crippen LogP contribution in [-0.4, -0.2) is 14.2 Å². The van der Waals surface area contributed by atoms with Crippen molar-refractivity contribution in [1.82, 2.24) is 5.32 Å². The lowest BCUT2D eigenvalue weighted by molar-refractivity contribution is -0.00000451. The monoisotopic (exact) mass is 370 g/mol. The molecule has 0 unspecified atom stereocenters. The summed E-state index contributed by atoms with van der Waals surface area (Å²) in [5.74, 6) is 1.46. The van der Waals surface area contributed by atoms with Crippen LogP contribution in [-0.2, 0) is 13.1 Å². The van der Waals surface area contributed by atoms with Gasteiger partial charge in [-0.05, 0) is 39.2 Å². The minimum absolute atomic E-state index is 0. The zero-order valence-electron chi connectivity index (χ0n) is 12.0. The molecule has 0 saturated heterocycles. The minimum Gasteiger partial charge on any atom is -1.00 e. The fraction of sp³-hybridized carbons (Fsp3) is 0.250. The second-order valence-electron chi connectivity index (χ2n) is 4.40. The van der Waals surface area contributed by atoms with Gasteiger partial charge in [-0.3, -0.25) is 0 Å². The van der Waals surface area contributed by atoms with Crippen molar-refractivity contribution in [2.45, 2.75) is 13.1 Å². The molecule has 21 heavy (non-hydrogen) atoms. The minimum atomic E-state index is 0. The van der Waals surface area contributed by atoms with E-state index >= 15 is 0 Å². The highest BCUT2D eigenvalue weighted by Crippen LogP contribution is 2.36. The zero-order chi connectivity index (χ0) is 14.4. The SMILES string of the molecule is COc1cc(CNCc2ccccc2)cc(Br)c1OC.[Cl-]. The van der Waals surface area contributed by atoms with Gasteiger partial charge in [-0.1, -0.05) is 30.3 Å². The van der Waals surface area contributed by atoms with Crippen molar-refractivity contribution < 1.29 is 21.9 Å². The number of hydrogen-bond acceptors (Lipinski definition) is 3. The van der Waals surface area contributed by atoms with Gasteiger partial charge in [0.15, 0.2) is 11.5 Å². The van der Waals surface area contributed by atoms with Gasteiger partial charge >= 0.3 is 0 Å². The van der Waals surface area contributed by atoms with Gasteiger partial charge in [0.1, 0.15) is 0 Å². The van der Waals surface area contributed by atoms with Crippen molar-refractivity contribution in [3.05, 3.63) is 58.1 Å². The second kappa shape index (κ2) is 8.93. The molecule has 0 atom stereocenters. The van der Waals surface area contributed by atoms with E-state index in [0.29, 0.717) is 0 Å². The molecular weight excluding hydrogens is 354 g/mol. The highest BCUT2D eigenvalue weighted by molar-refractivity contribution is 9.10. The Morgan fingerprint density at radius 3 is 2.24 bits per heavy atom. The van der Waals surface area contributed by atoms with Crippen LogP contribution in [0.1, 0.15) is 11.1 Å². The summed E-state index contributed by atoms with van der Waals surface area (Å²) in [4.78, 5) is 0. The first kappa shape index (κ1) is 17.8. The van der Waals surface area contributed by atoms with Crippen LogP contribution in [0.25, 0.3) is 0 Å². The van der Waals surface area contributed by atoms with Crippen molar-refractivity contribution in [1.29, 1.82) is 0 Å². The maximum atomic E-state index is 5.34. The predicted molar refractivity (Wildman–Crippen MR) is 84.2 cm³/mol. The van der Waals surface area contributed by atoms with Crippen LogP contribution >= 0.6 is 15.9 Å². The molecule has 2 aromatic rings. The molecule has 0 aliphatic heterocycles. The van der Waals surface area contributed by atoms with Crippen molar-refractivity contribution >= 4 is 15.9 Å². The van der Waals surface area contributed by atoms with Crippen LogP contribution in [0.5, 0.6) is 11.5 Å². The van der Waals surface area contributed by atoms with Crippen LogP contribution in [0.3, 0.4) is 0 Å². The third-order valence-electron chi connectivity index (χ3n) is 2.99. The maximum absolute atomic E-state index is 5.34. The molecule has 2 aromatic carbocycles. The Morgan fingerprint density at radius 2 is 1.62 bits per heavy atom. The summed E-state index contributed by atoms with van der Waals surface area (Å²) in [5, 5.41) is 3.42. The highest BCUT2D eigenvalue weighted by Gasteiger charge is 2.10. The molecule has 0 bridgehead atoms. The Labute approximate surface area is 140 Å². The summed E-state index contributed by atoms with van der Waals surface area (Å²) >= 11 is 3.50. The summed E-state index contributed by atoms with van der Waals surface area (Å²) in [6.07, 6.45) is 0. The van der Waals surface area contributed by atoms with Crippen molar-refractivity contribution in [3.63, 3.8) is 0 Å². The molecular formula is C16H18BrClNO2-. The molecule has 114 valence electrons. The van der Waals surface area contributed by atoms with E-state index in [4.69, 9.17) is 9.47 Å². The number of ether oxygens (including phenoxy) is 2. The molecule has 0 heterocycles. The van der Waals surface area contributed by atoms with E-state index in [1.165, 1.54) is 5.56 Å². The highest BCUT2D eigenvalue weighted by atomic mass is 79.9. The van der Waals surface area contributed by atoms with E-state index in [-0.39, 0.29) is 12.4 Å². The van der Waals surface area contributed by atoms with Crippen LogP contribution < -0.4 is 27.2 Å². The quantitative estimate of drug-likeness (QED) is 0.813. The molecule has 3 nitrogen and oxygen atoms in total. The normalized spacial score (nSPS) is 9.86. The van der Waals surface area contributed by atoms with Gasteiger partial charge in [-0.15, -0.1) is 0 Å². The van der Waals surface area contributed by atoms with E-state index < -0.39 is 0 Å². The maximum Gasteiger partial charge on any atom is 0.174 e. The van der Waals surface area contributed by atoms with E-state index in [0.717, 1.165) is 34.6 Å². The molecule has 0 saturated carbocycles. The molecule has 0 aliphatic rings. The van der Waals surface area contributed by atoms with Gasteiger partial charge in [0.25, 0.3) is 0 Å². The van der Waals surface area contributed by atoms with Crippen LogP contribution in [0.15, 0.2) is 46.9 Å². The Bertz CT molecular complexity index is 564. The van der Waals surface area contributed by atoms with Gasteiger partial charge < -0.3 is 27.2 Å². The number of rotatable bonds is 6. The molecule has 2 rings (SSSR count). The van der Waals surface area contributed by atoms with E-state index in [1.54, 1.807) is 14.2 Å². The third kappa shape index (κ3) is 4.92. The molecule has 0 spiro atoms. The lowest BCUT2D eigenvalue weighted by Crippen LogP contribution is -3.00. The number of benzene rings is 2. The van der Waals surface area contributed by atoms with Crippen LogP contribution in [0, 0.1) is 0 Å². The Morgan fingerprint density at radius 1 is 0.952 bits per heavy atom. The molecule has 0 aliphatic carbocycles. The zero-order valence-corrected chi connectivity index (χ0v) is 14.4. The number of hydrogen-bond donors (Lipinski definition) is 1. The number of halogens is 2. The third-order valence-corrected chi connectivity index (χ3v) is 3.58. The average Bonchev–Trinajstić information content (AvgIpc) is 2.47. The van der Waals surface area contributed by atoms with Crippen LogP contribution in [0.2, 0.25) is 0 Å². The lowest BCUT2D eigenvalue weighted by atomic mass is 10.2. The molecule has 5 heteroatoms. The van der Waals surface area contributed by atoms with Gasteiger partial charge in [0, 0.05) is 13.1 Å². The average molecular weight is 372 g/mol. The summed E-state index contributed by atoms with van der Waals surface area (Å²) in [6, 6.07) is 14.4. The molecule has 0 fully saturated rings. The first-order valence-electron chi connectivity index (χ1n) is 6.39. The summed E-state index contributed by atoms with van der Waals surface area (Å²) in [7, 11) is 3.28. The van der Waals surface area contributed by atoms with Gasteiger partial charge in [0.2, 0.25) is 0 Å². The molecule has 0 radical (unpaired) electrons. The van der Waals surface area contributed by atoms with Crippen molar-refractivity contribution in [2.24, 2.45) is 0 Å². The topological polar surface area (TPSA) is 30.5 Å². The first-order chi connectivity index (χ1) is 9.74. The van der Waals surface area contributed by atoms with Crippen molar-refractivity contribution in [3.8, 4) is 11.5 Å². The van der Waals surface area contributed by atoms with Gasteiger partial charge in [-0.25, -0.2) is 0 Å². The Balaban J connectivity index is 0.00000220. The fourth-order valence-electron chi connectivity index (χ4n) is 2.02. The molecule has 1 N–H and O–H groups in total. The summed E-state index contributed by atoms with van der Waals surface area (Å²) < 4.78 is 11.5. The van der Waals surface area contributed by atoms with E-state index in [2.05, 4.69) is 33.4 Å². The Hall–Kier alpha value is -1.23.